The van der Waals surface area contributed by atoms with Gasteiger partial charge in [-0.05, 0) is 91.5 Å². The second kappa shape index (κ2) is 11.0. The summed E-state index contributed by atoms with van der Waals surface area (Å²) in [6, 6.07) is 13.0. The van der Waals surface area contributed by atoms with E-state index in [-0.39, 0.29) is 11.5 Å². The minimum absolute atomic E-state index is 0.00793. The highest BCUT2D eigenvalue weighted by Gasteiger charge is 2.30. The lowest BCUT2D eigenvalue weighted by molar-refractivity contribution is -0.137. The molecule has 0 heterocycles. The fraction of sp³-hybridized carbons (Fsp3) is 0.400. The van der Waals surface area contributed by atoms with Crippen LogP contribution < -0.4 is 4.74 Å². The van der Waals surface area contributed by atoms with Crippen molar-refractivity contribution in [3.05, 3.63) is 82.9 Å². The second-order valence-electron chi connectivity index (χ2n) is 9.78. The Balaban J connectivity index is 1.53. The Bertz CT molecular complexity index is 1160. The van der Waals surface area contributed by atoms with Crippen molar-refractivity contribution < 1.29 is 26.7 Å². The van der Waals surface area contributed by atoms with Crippen LogP contribution in [0, 0.1) is 24.5 Å². The summed E-state index contributed by atoms with van der Waals surface area (Å²) >= 11 is 0. The largest absolute Gasteiger partial charge is 0.454 e. The molecular weight excluding hydrogens is 471 g/mol. The molecule has 0 bridgehead atoms. The monoisotopic (exact) mass is 502 g/mol. The van der Waals surface area contributed by atoms with Gasteiger partial charge >= 0.3 is 6.18 Å². The number of unbranched alkanes of at least 4 members (excludes halogenated alkanes) is 1. The molecule has 192 valence electrons. The first-order chi connectivity index (χ1) is 17.2. The third-order valence-corrected chi connectivity index (χ3v) is 7.33. The average molecular weight is 503 g/mol. The highest BCUT2D eigenvalue weighted by Crippen LogP contribution is 2.40. The fourth-order valence-electron chi connectivity index (χ4n) is 5.16. The lowest BCUT2D eigenvalue weighted by Gasteiger charge is -2.29. The topological polar surface area (TPSA) is 9.23 Å². The van der Waals surface area contributed by atoms with Crippen molar-refractivity contribution in [1.29, 1.82) is 0 Å². The van der Waals surface area contributed by atoms with Crippen LogP contribution in [0.15, 0.2) is 54.6 Å². The Hall–Kier alpha value is -2.89. The Kier molecular flexibility index (Phi) is 8.01. The number of rotatable bonds is 7. The molecule has 0 N–H and O–H groups in total. The standard InChI is InChI=1S/C30H31F5O/c1-3-4-5-20-6-8-21(9-7-20)22-10-12-23(13-11-22)26-18-27(31)28(32)29(19(26)2)36-25-16-14-24(15-17-25)30(33,34)35/h10-18,20-21H,3-9H2,1-2H3. The SMILES string of the molecule is CCCCC1CCC(c2ccc(-c3cc(F)c(F)c(Oc4ccc(C(F)(F)F)cc4)c3C)cc2)CC1. The molecule has 3 aromatic carbocycles. The van der Waals surface area contributed by atoms with Crippen molar-refractivity contribution in [2.24, 2.45) is 5.92 Å². The van der Waals surface area contributed by atoms with Crippen molar-refractivity contribution in [1.82, 2.24) is 0 Å². The molecule has 6 heteroatoms. The van der Waals surface area contributed by atoms with Gasteiger partial charge in [0.1, 0.15) is 5.75 Å². The Morgan fingerprint density at radius 1 is 0.889 bits per heavy atom. The molecule has 4 rings (SSSR count). The highest BCUT2D eigenvalue weighted by atomic mass is 19.4. The van der Waals surface area contributed by atoms with Gasteiger partial charge in [-0.3, -0.25) is 0 Å². The smallest absolute Gasteiger partial charge is 0.416 e. The Morgan fingerprint density at radius 2 is 1.53 bits per heavy atom. The van der Waals surface area contributed by atoms with Crippen molar-refractivity contribution in [3.8, 4) is 22.6 Å². The first-order valence-corrected chi connectivity index (χ1v) is 12.6. The van der Waals surface area contributed by atoms with E-state index in [1.165, 1.54) is 50.5 Å². The zero-order valence-electron chi connectivity index (χ0n) is 20.6. The van der Waals surface area contributed by atoms with E-state index < -0.39 is 23.4 Å². The van der Waals surface area contributed by atoms with Gasteiger partial charge in [0.25, 0.3) is 0 Å². The minimum Gasteiger partial charge on any atom is -0.454 e. The molecule has 1 saturated carbocycles. The lowest BCUT2D eigenvalue weighted by Crippen LogP contribution is -2.13. The van der Waals surface area contributed by atoms with Crippen LogP contribution in [-0.4, -0.2) is 0 Å². The molecule has 1 aliphatic rings. The number of benzene rings is 3. The summed E-state index contributed by atoms with van der Waals surface area (Å²) in [6.07, 6.45) is 4.19. The van der Waals surface area contributed by atoms with Crippen LogP contribution in [0.25, 0.3) is 11.1 Å². The number of hydrogen-bond donors (Lipinski definition) is 0. The van der Waals surface area contributed by atoms with Crippen LogP contribution in [0.3, 0.4) is 0 Å². The molecule has 0 unspecified atom stereocenters. The van der Waals surface area contributed by atoms with E-state index >= 15 is 0 Å². The molecule has 3 aromatic rings. The molecule has 0 amide bonds. The third-order valence-electron chi connectivity index (χ3n) is 7.33. The van der Waals surface area contributed by atoms with E-state index in [0.717, 1.165) is 41.8 Å². The van der Waals surface area contributed by atoms with Gasteiger partial charge in [0, 0.05) is 5.56 Å². The maximum atomic E-state index is 14.6. The maximum absolute atomic E-state index is 14.6. The van der Waals surface area contributed by atoms with Gasteiger partial charge in [0.05, 0.1) is 5.56 Å². The normalized spacial score (nSPS) is 18.3. The molecule has 0 aliphatic heterocycles. The first kappa shape index (κ1) is 26.2. The van der Waals surface area contributed by atoms with Crippen LogP contribution in [0.2, 0.25) is 0 Å². The number of hydrogen-bond acceptors (Lipinski definition) is 1. The summed E-state index contributed by atoms with van der Waals surface area (Å²) in [7, 11) is 0. The minimum atomic E-state index is -4.49. The van der Waals surface area contributed by atoms with Crippen molar-refractivity contribution in [2.75, 3.05) is 0 Å². The van der Waals surface area contributed by atoms with E-state index in [1.807, 2.05) is 12.1 Å². The van der Waals surface area contributed by atoms with Crippen LogP contribution in [0.1, 0.15) is 74.5 Å². The van der Waals surface area contributed by atoms with Crippen molar-refractivity contribution >= 4 is 0 Å². The molecule has 0 atom stereocenters. The molecule has 0 saturated heterocycles. The van der Waals surface area contributed by atoms with Gasteiger partial charge in [-0.15, -0.1) is 0 Å². The zero-order valence-corrected chi connectivity index (χ0v) is 20.6. The highest BCUT2D eigenvalue weighted by molar-refractivity contribution is 5.70. The fourth-order valence-corrected chi connectivity index (χ4v) is 5.16. The molecule has 1 aliphatic carbocycles. The lowest BCUT2D eigenvalue weighted by atomic mass is 9.77. The summed E-state index contributed by atoms with van der Waals surface area (Å²) in [6.45, 7) is 3.84. The number of ether oxygens (including phenoxy) is 1. The van der Waals surface area contributed by atoms with E-state index in [1.54, 1.807) is 6.92 Å². The molecule has 1 nitrogen and oxygen atoms in total. The van der Waals surface area contributed by atoms with Gasteiger partial charge < -0.3 is 4.74 Å². The van der Waals surface area contributed by atoms with E-state index in [0.29, 0.717) is 17.0 Å². The molecule has 1 fully saturated rings. The Morgan fingerprint density at radius 3 is 2.11 bits per heavy atom. The van der Waals surface area contributed by atoms with Crippen molar-refractivity contribution in [2.45, 2.75) is 70.9 Å². The second-order valence-corrected chi connectivity index (χ2v) is 9.78. The summed E-state index contributed by atoms with van der Waals surface area (Å²) in [5.74, 6) is -1.25. The predicted molar refractivity (Wildman–Crippen MR) is 132 cm³/mol. The summed E-state index contributed by atoms with van der Waals surface area (Å²) in [4.78, 5) is 0. The summed E-state index contributed by atoms with van der Waals surface area (Å²) in [5.41, 5.74) is 1.99. The van der Waals surface area contributed by atoms with E-state index in [9.17, 15) is 22.0 Å². The summed E-state index contributed by atoms with van der Waals surface area (Å²) in [5, 5.41) is 0. The van der Waals surface area contributed by atoms with E-state index in [4.69, 9.17) is 4.74 Å². The Labute approximate surface area is 209 Å². The molecule has 0 radical (unpaired) electrons. The molecular formula is C30H31F5O. The van der Waals surface area contributed by atoms with Gasteiger partial charge in [-0.1, -0.05) is 50.5 Å². The van der Waals surface area contributed by atoms with Crippen molar-refractivity contribution in [3.63, 3.8) is 0 Å². The maximum Gasteiger partial charge on any atom is 0.416 e. The van der Waals surface area contributed by atoms with Gasteiger partial charge in [-0.2, -0.15) is 17.6 Å². The van der Waals surface area contributed by atoms with Gasteiger partial charge in [0.15, 0.2) is 11.6 Å². The van der Waals surface area contributed by atoms with Crippen LogP contribution in [0.4, 0.5) is 22.0 Å². The zero-order chi connectivity index (χ0) is 25.9. The average Bonchev–Trinajstić information content (AvgIpc) is 2.88. The van der Waals surface area contributed by atoms with Gasteiger partial charge in [-0.25, -0.2) is 4.39 Å². The molecule has 0 aromatic heterocycles. The quantitative estimate of drug-likeness (QED) is 0.292. The van der Waals surface area contributed by atoms with Gasteiger partial charge in [0.2, 0.25) is 5.82 Å². The number of halogens is 5. The third kappa shape index (κ3) is 5.91. The predicted octanol–water partition coefficient (Wildman–Crippen LogP) is 10.2. The summed E-state index contributed by atoms with van der Waals surface area (Å²) < 4.78 is 73.2. The van der Waals surface area contributed by atoms with Crippen LogP contribution in [-0.2, 0) is 6.18 Å². The number of alkyl halides is 3. The molecule has 36 heavy (non-hydrogen) atoms. The van der Waals surface area contributed by atoms with Crippen LogP contribution >= 0.6 is 0 Å². The van der Waals surface area contributed by atoms with E-state index in [2.05, 4.69) is 19.1 Å². The molecule has 0 spiro atoms. The first-order valence-electron chi connectivity index (χ1n) is 12.6. The van der Waals surface area contributed by atoms with Crippen LogP contribution in [0.5, 0.6) is 11.5 Å².